The van der Waals surface area contributed by atoms with Crippen molar-refractivity contribution in [3.05, 3.63) is 33.9 Å². The summed E-state index contributed by atoms with van der Waals surface area (Å²) in [4.78, 5) is 17.0. The third kappa shape index (κ3) is 4.88. The maximum atomic E-state index is 12.7. The van der Waals surface area contributed by atoms with Gasteiger partial charge in [0.1, 0.15) is 6.61 Å². The molecule has 2 aliphatic heterocycles. The van der Waals surface area contributed by atoms with Crippen molar-refractivity contribution in [2.75, 3.05) is 40.5 Å². The van der Waals surface area contributed by atoms with Gasteiger partial charge >= 0.3 is 0 Å². The Labute approximate surface area is 194 Å². The summed E-state index contributed by atoms with van der Waals surface area (Å²) in [7, 11) is 3.29. The molecule has 4 heterocycles. The van der Waals surface area contributed by atoms with Crippen LogP contribution in [0.4, 0.5) is 0 Å². The molecule has 9 nitrogen and oxygen atoms in total. The second kappa shape index (κ2) is 10.4. The first-order chi connectivity index (χ1) is 15.5. The molecule has 0 saturated carbocycles. The van der Waals surface area contributed by atoms with Gasteiger partial charge < -0.3 is 14.4 Å². The van der Waals surface area contributed by atoms with E-state index in [0.717, 1.165) is 68.1 Å². The number of aromatic nitrogens is 4. The van der Waals surface area contributed by atoms with Crippen LogP contribution >= 0.6 is 12.6 Å². The third-order valence-electron chi connectivity index (χ3n) is 6.55. The number of amides is 1. The number of thiol groups is 1. The Morgan fingerprint density at radius 1 is 1.16 bits per heavy atom. The lowest BCUT2D eigenvalue weighted by Crippen LogP contribution is -2.36. The summed E-state index contributed by atoms with van der Waals surface area (Å²) in [6.45, 7) is 6.80. The van der Waals surface area contributed by atoms with E-state index in [1.54, 1.807) is 14.2 Å². The Morgan fingerprint density at radius 3 is 2.72 bits per heavy atom. The predicted molar refractivity (Wildman–Crippen MR) is 123 cm³/mol. The first-order valence-corrected chi connectivity index (χ1v) is 11.8. The average Bonchev–Trinajstić information content (AvgIpc) is 3.43. The van der Waals surface area contributed by atoms with Crippen LogP contribution in [-0.4, -0.2) is 76.6 Å². The number of rotatable bonds is 9. The number of carbonyl (C=O) groups is 1. The van der Waals surface area contributed by atoms with Gasteiger partial charge in [-0.15, -0.1) is 0 Å². The van der Waals surface area contributed by atoms with E-state index < -0.39 is 0 Å². The van der Waals surface area contributed by atoms with Crippen molar-refractivity contribution in [1.82, 2.24) is 30.2 Å². The Kier molecular flexibility index (Phi) is 7.55. The molecule has 0 saturated heterocycles. The number of hydrogen-bond acceptors (Lipinski definition) is 7. The molecule has 2 aromatic heterocycles. The van der Waals surface area contributed by atoms with Gasteiger partial charge in [0.25, 0.3) is 0 Å². The predicted octanol–water partition coefficient (Wildman–Crippen LogP) is 1.87. The fourth-order valence-corrected chi connectivity index (χ4v) is 5.40. The highest BCUT2D eigenvalue weighted by atomic mass is 32.1. The number of ether oxygens (including phenoxy) is 2. The van der Waals surface area contributed by atoms with Gasteiger partial charge in [-0.2, -0.15) is 22.8 Å². The first kappa shape index (κ1) is 23.3. The van der Waals surface area contributed by atoms with Crippen molar-refractivity contribution >= 4 is 18.5 Å². The van der Waals surface area contributed by atoms with Crippen molar-refractivity contribution < 1.29 is 14.3 Å². The topological polar surface area (TPSA) is 99.4 Å². The number of methoxy groups -OCH3 is 2. The first-order valence-electron chi connectivity index (χ1n) is 11.3. The number of hydrogen-bond donors (Lipinski definition) is 3. The van der Waals surface area contributed by atoms with E-state index in [1.165, 1.54) is 11.3 Å². The fraction of sp³-hybridized carbons (Fsp3) is 0.682. The number of nitrogens with zero attached hydrogens (tertiary/aromatic N) is 4. The van der Waals surface area contributed by atoms with E-state index >= 15 is 0 Å². The van der Waals surface area contributed by atoms with Gasteiger partial charge in [-0.1, -0.05) is 6.92 Å². The molecule has 0 radical (unpaired) electrons. The van der Waals surface area contributed by atoms with Crippen LogP contribution < -0.4 is 0 Å². The molecule has 2 aromatic rings. The zero-order valence-electron chi connectivity index (χ0n) is 19.2. The molecule has 10 heteroatoms. The van der Waals surface area contributed by atoms with E-state index in [2.05, 4.69) is 32.2 Å². The number of aromatic amines is 2. The number of H-pyrrole nitrogens is 2. The largest absolute Gasteiger partial charge is 0.383 e. The van der Waals surface area contributed by atoms with Crippen molar-refractivity contribution in [2.45, 2.75) is 51.1 Å². The molecular formula is C22H34N6O3S. The van der Waals surface area contributed by atoms with Gasteiger partial charge in [0, 0.05) is 69.0 Å². The second-order valence-corrected chi connectivity index (χ2v) is 9.40. The standard InChI is InChI=1S/C22H34N6O3S/c1-4-17-15-11-28(21(29)13-31-3)9-14(7-18(15)24-23-17)8-20(32)22-16-10-27(5-6-30-2)12-19(16)25-26-22/h14,20,32H,4-13H2,1-3H3,(H,23,24)(H,25,26). The summed E-state index contributed by atoms with van der Waals surface area (Å²) in [6.07, 6.45) is 2.52. The maximum Gasteiger partial charge on any atom is 0.248 e. The Balaban J connectivity index is 1.49. The molecular weight excluding hydrogens is 428 g/mol. The van der Waals surface area contributed by atoms with E-state index in [9.17, 15) is 4.79 Å². The van der Waals surface area contributed by atoms with Crippen LogP contribution in [0.15, 0.2) is 0 Å². The van der Waals surface area contributed by atoms with Crippen molar-refractivity contribution in [3.8, 4) is 0 Å². The molecule has 4 rings (SSSR count). The van der Waals surface area contributed by atoms with Gasteiger partial charge in [-0.05, 0) is 25.2 Å². The van der Waals surface area contributed by atoms with Crippen LogP contribution in [0, 0.1) is 5.92 Å². The van der Waals surface area contributed by atoms with E-state index in [0.29, 0.717) is 13.1 Å². The quantitative estimate of drug-likeness (QED) is 0.492. The maximum absolute atomic E-state index is 12.7. The lowest BCUT2D eigenvalue weighted by molar-refractivity contribution is -0.136. The monoisotopic (exact) mass is 462 g/mol. The molecule has 32 heavy (non-hydrogen) atoms. The molecule has 0 aliphatic carbocycles. The molecule has 0 aromatic carbocycles. The van der Waals surface area contributed by atoms with Crippen molar-refractivity contribution in [1.29, 1.82) is 0 Å². The normalized spacial score (nSPS) is 19.6. The lowest BCUT2D eigenvalue weighted by atomic mass is 9.94. The molecule has 0 bridgehead atoms. The second-order valence-electron chi connectivity index (χ2n) is 8.78. The molecule has 1 amide bonds. The molecule has 2 aliphatic rings. The van der Waals surface area contributed by atoms with Gasteiger partial charge in [-0.25, -0.2) is 0 Å². The lowest BCUT2D eigenvalue weighted by Gasteiger charge is -2.26. The number of aryl methyl sites for hydroxylation is 1. The van der Waals surface area contributed by atoms with Crippen LogP contribution in [0.1, 0.15) is 52.5 Å². The highest BCUT2D eigenvalue weighted by Gasteiger charge is 2.32. The molecule has 0 spiro atoms. The van der Waals surface area contributed by atoms with Gasteiger partial charge in [0.2, 0.25) is 5.91 Å². The number of carbonyl (C=O) groups excluding carboxylic acids is 1. The van der Waals surface area contributed by atoms with Gasteiger partial charge in [-0.3, -0.25) is 19.9 Å². The van der Waals surface area contributed by atoms with Crippen LogP contribution in [-0.2, 0) is 46.7 Å². The summed E-state index contributed by atoms with van der Waals surface area (Å²) >= 11 is 4.97. The van der Waals surface area contributed by atoms with Gasteiger partial charge in [0.05, 0.1) is 23.7 Å². The summed E-state index contributed by atoms with van der Waals surface area (Å²) in [5, 5.41) is 15.5. The number of nitrogens with one attached hydrogen (secondary N) is 2. The molecule has 2 N–H and O–H groups in total. The van der Waals surface area contributed by atoms with E-state index in [4.69, 9.17) is 22.1 Å². The highest BCUT2D eigenvalue weighted by Crippen LogP contribution is 2.36. The summed E-state index contributed by atoms with van der Waals surface area (Å²) in [6, 6.07) is 0. The van der Waals surface area contributed by atoms with Crippen LogP contribution in [0.5, 0.6) is 0 Å². The SMILES string of the molecule is CCc1n[nH]c2c1CN(C(=O)COC)CC(CC(S)c1n[nH]c3c1CN(CCOC)C3)C2. The zero-order chi connectivity index (χ0) is 22.7. The van der Waals surface area contributed by atoms with Crippen LogP contribution in [0.3, 0.4) is 0 Å². The van der Waals surface area contributed by atoms with Crippen LogP contribution in [0.25, 0.3) is 0 Å². The fourth-order valence-electron chi connectivity index (χ4n) is 4.88. The average molecular weight is 463 g/mol. The zero-order valence-corrected chi connectivity index (χ0v) is 20.1. The smallest absolute Gasteiger partial charge is 0.248 e. The van der Waals surface area contributed by atoms with Crippen molar-refractivity contribution in [3.63, 3.8) is 0 Å². The number of fused-ring (bicyclic) bond motifs is 2. The Morgan fingerprint density at radius 2 is 1.97 bits per heavy atom. The Hall–Kier alpha value is -1.88. The molecule has 176 valence electrons. The third-order valence-corrected chi connectivity index (χ3v) is 7.00. The summed E-state index contributed by atoms with van der Waals surface area (Å²) < 4.78 is 10.4. The minimum atomic E-state index is -0.00290. The summed E-state index contributed by atoms with van der Waals surface area (Å²) in [5.41, 5.74) is 6.80. The van der Waals surface area contributed by atoms with E-state index in [-0.39, 0.29) is 23.7 Å². The van der Waals surface area contributed by atoms with E-state index in [1.807, 2.05) is 4.90 Å². The molecule has 0 fully saturated rings. The molecule has 2 unspecified atom stereocenters. The van der Waals surface area contributed by atoms with Gasteiger partial charge in [0.15, 0.2) is 0 Å². The molecule has 2 atom stereocenters. The minimum Gasteiger partial charge on any atom is -0.383 e. The highest BCUT2D eigenvalue weighted by molar-refractivity contribution is 7.80. The van der Waals surface area contributed by atoms with Crippen LogP contribution in [0.2, 0.25) is 0 Å². The summed E-state index contributed by atoms with van der Waals surface area (Å²) in [5.74, 6) is 0.266. The van der Waals surface area contributed by atoms with Crippen molar-refractivity contribution in [2.24, 2.45) is 5.92 Å². The minimum absolute atomic E-state index is 0.00290. The Bertz CT molecular complexity index is 929.